The summed E-state index contributed by atoms with van der Waals surface area (Å²) < 4.78 is 4.90. The van der Waals surface area contributed by atoms with E-state index >= 15 is 0 Å². The zero-order valence-electron chi connectivity index (χ0n) is 15.3. The molecule has 1 aliphatic carbocycles. The van der Waals surface area contributed by atoms with Crippen LogP contribution in [0.2, 0.25) is 0 Å². The van der Waals surface area contributed by atoms with Gasteiger partial charge in [-0.2, -0.15) is 0 Å². The van der Waals surface area contributed by atoms with Crippen LogP contribution in [0.25, 0.3) is 0 Å². The third-order valence-electron chi connectivity index (χ3n) is 4.88. The van der Waals surface area contributed by atoms with Crippen LogP contribution in [0.3, 0.4) is 0 Å². The molecule has 0 aromatic heterocycles. The Hall–Kier alpha value is -2.45. The molecule has 1 aliphatic heterocycles. The Morgan fingerprint density at radius 1 is 1.15 bits per heavy atom. The second-order valence-corrected chi connectivity index (χ2v) is 6.89. The van der Waals surface area contributed by atoms with Gasteiger partial charge in [0.05, 0.1) is 18.4 Å². The summed E-state index contributed by atoms with van der Waals surface area (Å²) >= 11 is 0. The van der Waals surface area contributed by atoms with Crippen LogP contribution >= 0.6 is 0 Å². The molecule has 9 nitrogen and oxygen atoms in total. The van der Waals surface area contributed by atoms with Gasteiger partial charge in [-0.3, -0.25) is 24.1 Å². The van der Waals surface area contributed by atoms with Crippen molar-refractivity contribution in [3.05, 3.63) is 0 Å². The Labute approximate surface area is 152 Å². The van der Waals surface area contributed by atoms with Crippen LogP contribution in [-0.4, -0.2) is 72.7 Å². The van der Waals surface area contributed by atoms with E-state index in [9.17, 15) is 24.0 Å². The van der Waals surface area contributed by atoms with Crippen molar-refractivity contribution in [1.29, 1.82) is 0 Å². The first-order valence-electron chi connectivity index (χ1n) is 8.74. The van der Waals surface area contributed by atoms with Crippen molar-refractivity contribution in [2.75, 3.05) is 27.2 Å². The predicted octanol–water partition coefficient (Wildman–Crippen LogP) is -0.702. The monoisotopic (exact) mass is 367 g/mol. The number of esters is 1. The standard InChI is InChI=1S/C17H25N3O6/c1-10(17(25)26-9-13(21)18-8-14(22)19(2)3)20-15(23)11-6-4-5-7-12(11)16(20)24/h10-12H,4-9H2,1-3H3,(H,18,21)/t10-,11-,12-/m0/s1. The maximum absolute atomic E-state index is 12.5. The van der Waals surface area contributed by atoms with Gasteiger partial charge >= 0.3 is 5.97 Å². The van der Waals surface area contributed by atoms with E-state index in [1.165, 1.54) is 11.8 Å². The van der Waals surface area contributed by atoms with Crippen LogP contribution in [0.15, 0.2) is 0 Å². The lowest BCUT2D eigenvalue weighted by molar-refractivity contribution is -0.159. The third-order valence-corrected chi connectivity index (χ3v) is 4.88. The van der Waals surface area contributed by atoms with Crippen molar-refractivity contribution in [2.45, 2.75) is 38.6 Å². The highest BCUT2D eigenvalue weighted by Crippen LogP contribution is 2.38. The molecule has 0 radical (unpaired) electrons. The molecule has 1 saturated heterocycles. The number of fused-ring (bicyclic) bond motifs is 1. The molecule has 1 N–H and O–H groups in total. The number of likely N-dealkylation sites (tertiary alicyclic amines) is 1. The molecule has 0 aromatic rings. The molecule has 3 atom stereocenters. The second kappa shape index (κ2) is 8.29. The maximum atomic E-state index is 12.5. The van der Waals surface area contributed by atoms with Gasteiger partial charge in [-0.15, -0.1) is 0 Å². The Kier molecular flexibility index (Phi) is 6.33. The minimum atomic E-state index is -1.07. The zero-order chi connectivity index (χ0) is 19.4. The summed E-state index contributed by atoms with van der Waals surface area (Å²) in [5.41, 5.74) is 0. The Morgan fingerprint density at radius 3 is 2.19 bits per heavy atom. The number of ether oxygens (including phenoxy) is 1. The number of amides is 4. The van der Waals surface area contributed by atoms with E-state index in [0.717, 1.165) is 17.7 Å². The van der Waals surface area contributed by atoms with Crippen molar-refractivity contribution in [3.63, 3.8) is 0 Å². The molecule has 2 rings (SSSR count). The van der Waals surface area contributed by atoms with Crippen molar-refractivity contribution in [1.82, 2.24) is 15.1 Å². The van der Waals surface area contributed by atoms with Gasteiger partial charge in [-0.1, -0.05) is 12.8 Å². The van der Waals surface area contributed by atoms with Gasteiger partial charge in [0.1, 0.15) is 6.04 Å². The molecule has 1 saturated carbocycles. The van der Waals surface area contributed by atoms with Crippen LogP contribution in [0.1, 0.15) is 32.6 Å². The molecule has 144 valence electrons. The molecule has 2 aliphatic rings. The highest BCUT2D eigenvalue weighted by Gasteiger charge is 2.51. The van der Waals surface area contributed by atoms with Crippen LogP contribution in [0, 0.1) is 11.8 Å². The lowest BCUT2D eigenvalue weighted by atomic mass is 9.81. The average Bonchev–Trinajstić information content (AvgIpc) is 2.88. The van der Waals surface area contributed by atoms with E-state index in [-0.39, 0.29) is 36.1 Å². The van der Waals surface area contributed by atoms with E-state index in [1.807, 2.05) is 0 Å². The SMILES string of the molecule is C[C@@H](C(=O)OCC(=O)NCC(=O)N(C)C)N1C(=O)[C@H]2CCCC[C@@H]2C1=O. The number of nitrogens with zero attached hydrogens (tertiary/aromatic N) is 2. The highest BCUT2D eigenvalue weighted by atomic mass is 16.5. The minimum absolute atomic E-state index is 0.203. The molecule has 9 heteroatoms. The summed E-state index contributed by atoms with van der Waals surface area (Å²) in [5, 5.41) is 2.33. The van der Waals surface area contributed by atoms with Crippen molar-refractivity contribution >= 4 is 29.6 Å². The van der Waals surface area contributed by atoms with Gasteiger partial charge in [0.15, 0.2) is 6.61 Å². The van der Waals surface area contributed by atoms with Crippen molar-refractivity contribution in [2.24, 2.45) is 11.8 Å². The summed E-state index contributed by atoms with van der Waals surface area (Å²) in [6.45, 7) is 0.640. The largest absolute Gasteiger partial charge is 0.454 e. The predicted molar refractivity (Wildman–Crippen MR) is 89.4 cm³/mol. The van der Waals surface area contributed by atoms with Gasteiger partial charge < -0.3 is 15.0 Å². The summed E-state index contributed by atoms with van der Waals surface area (Å²) in [4.78, 5) is 62.4. The number of likely N-dealkylation sites (N-methyl/N-ethyl adjacent to an activating group) is 1. The van der Waals surface area contributed by atoms with E-state index in [1.54, 1.807) is 14.1 Å². The Balaban J connectivity index is 1.85. The molecular weight excluding hydrogens is 342 g/mol. The fourth-order valence-electron chi connectivity index (χ4n) is 3.32. The van der Waals surface area contributed by atoms with Gasteiger partial charge in [0.2, 0.25) is 17.7 Å². The Bertz CT molecular complexity index is 594. The van der Waals surface area contributed by atoms with E-state index in [4.69, 9.17) is 4.74 Å². The average molecular weight is 367 g/mol. The number of hydrogen-bond acceptors (Lipinski definition) is 6. The molecule has 0 unspecified atom stereocenters. The fraction of sp³-hybridized carbons (Fsp3) is 0.706. The topological polar surface area (TPSA) is 113 Å². The van der Waals surface area contributed by atoms with Gasteiger partial charge in [-0.05, 0) is 19.8 Å². The Morgan fingerprint density at radius 2 is 1.69 bits per heavy atom. The van der Waals surface area contributed by atoms with Crippen LogP contribution < -0.4 is 5.32 Å². The lowest BCUT2D eigenvalue weighted by Crippen LogP contribution is -2.45. The molecule has 2 fully saturated rings. The molecule has 4 amide bonds. The summed E-state index contributed by atoms with van der Waals surface area (Å²) in [6.07, 6.45) is 3.13. The van der Waals surface area contributed by atoms with Gasteiger partial charge in [0, 0.05) is 14.1 Å². The third kappa shape index (κ3) is 4.20. The first kappa shape index (κ1) is 19.9. The minimum Gasteiger partial charge on any atom is -0.454 e. The quantitative estimate of drug-likeness (QED) is 0.490. The number of carbonyl (C=O) groups excluding carboxylic acids is 5. The molecular formula is C17H25N3O6. The molecule has 0 spiro atoms. The first-order chi connectivity index (χ1) is 12.2. The lowest BCUT2D eigenvalue weighted by Gasteiger charge is -2.21. The molecule has 0 bridgehead atoms. The van der Waals surface area contributed by atoms with Crippen molar-refractivity contribution < 1.29 is 28.7 Å². The summed E-state index contributed by atoms with van der Waals surface area (Å²) in [6, 6.07) is -1.07. The number of rotatable bonds is 6. The van der Waals surface area contributed by atoms with Crippen LogP contribution in [0.5, 0.6) is 0 Å². The van der Waals surface area contributed by atoms with Crippen LogP contribution in [-0.2, 0) is 28.7 Å². The second-order valence-electron chi connectivity index (χ2n) is 6.89. The zero-order valence-corrected chi connectivity index (χ0v) is 15.3. The molecule has 26 heavy (non-hydrogen) atoms. The maximum Gasteiger partial charge on any atom is 0.329 e. The van der Waals surface area contributed by atoms with E-state index in [0.29, 0.717) is 12.8 Å². The van der Waals surface area contributed by atoms with Gasteiger partial charge in [-0.25, -0.2) is 4.79 Å². The first-order valence-corrected chi connectivity index (χ1v) is 8.74. The summed E-state index contributed by atoms with van der Waals surface area (Å²) in [7, 11) is 3.11. The normalized spacial score (nSPS) is 23.3. The number of imide groups is 1. The summed E-state index contributed by atoms with van der Waals surface area (Å²) in [5.74, 6) is -3.09. The molecule has 0 aromatic carbocycles. The van der Waals surface area contributed by atoms with Crippen molar-refractivity contribution in [3.8, 4) is 0 Å². The fourth-order valence-corrected chi connectivity index (χ4v) is 3.32. The van der Waals surface area contributed by atoms with Crippen LogP contribution in [0.4, 0.5) is 0 Å². The smallest absolute Gasteiger partial charge is 0.329 e. The number of hydrogen-bond donors (Lipinski definition) is 1. The molecule has 1 heterocycles. The number of nitrogens with one attached hydrogen (secondary N) is 1. The van der Waals surface area contributed by atoms with E-state index in [2.05, 4.69) is 5.32 Å². The van der Waals surface area contributed by atoms with E-state index < -0.39 is 24.5 Å². The number of carbonyl (C=O) groups is 5. The highest BCUT2D eigenvalue weighted by molar-refractivity contribution is 6.07. The van der Waals surface area contributed by atoms with Gasteiger partial charge in [0.25, 0.3) is 5.91 Å².